The summed E-state index contributed by atoms with van der Waals surface area (Å²) in [6.07, 6.45) is 2.07. The number of hydrogen-bond donors (Lipinski definition) is 2. The molecule has 0 spiro atoms. The minimum absolute atomic E-state index is 0.0167. The Balaban J connectivity index is 1.70. The molecule has 2 N–H and O–H groups in total. The highest BCUT2D eigenvalue weighted by atomic mass is 35.5. The van der Waals surface area contributed by atoms with Crippen molar-refractivity contribution in [3.63, 3.8) is 0 Å². The Kier molecular flexibility index (Phi) is 9.98. The van der Waals surface area contributed by atoms with Crippen molar-refractivity contribution in [2.75, 3.05) is 31.6 Å². The predicted octanol–water partition coefficient (Wildman–Crippen LogP) is 4.87. The lowest BCUT2D eigenvalue weighted by Crippen LogP contribution is -2.50. The molecule has 1 saturated heterocycles. The summed E-state index contributed by atoms with van der Waals surface area (Å²) < 4.78 is 25.6. The van der Waals surface area contributed by atoms with E-state index in [4.69, 9.17) is 11.6 Å². The van der Waals surface area contributed by atoms with Gasteiger partial charge in [-0.2, -0.15) is 0 Å². The standard InChI is InChI=1S/C27H41ClF2N4O2/c1-6-34(21-9-7-20(8-10-21)33(5)15-25(29)30)24-13-19(28)12-22(18(24)4)26(35)31-14-23-16(2)11-17(3)32-27(23)36/h12-13,16-17,20-21,23,25H,6-11,14-15H2,1-5H3,(H,31,35)(H,32,36). The molecule has 9 heteroatoms. The van der Waals surface area contributed by atoms with E-state index in [0.29, 0.717) is 10.6 Å². The van der Waals surface area contributed by atoms with Gasteiger partial charge >= 0.3 is 0 Å². The molecule has 36 heavy (non-hydrogen) atoms. The summed E-state index contributed by atoms with van der Waals surface area (Å²) in [7, 11) is 1.78. The number of halogens is 3. The molecule has 1 heterocycles. The van der Waals surface area contributed by atoms with E-state index in [1.165, 1.54) is 0 Å². The number of benzene rings is 1. The summed E-state index contributed by atoms with van der Waals surface area (Å²) in [5, 5.41) is 6.43. The smallest absolute Gasteiger partial charge is 0.251 e. The van der Waals surface area contributed by atoms with Crippen molar-refractivity contribution in [2.24, 2.45) is 11.8 Å². The quantitative estimate of drug-likeness (QED) is 0.481. The maximum Gasteiger partial charge on any atom is 0.251 e. The van der Waals surface area contributed by atoms with Crippen LogP contribution < -0.4 is 15.5 Å². The van der Waals surface area contributed by atoms with Gasteiger partial charge in [0.05, 0.1) is 12.5 Å². The number of nitrogens with zero attached hydrogens (tertiary/aromatic N) is 2. The minimum atomic E-state index is -2.32. The molecule has 2 aliphatic rings. The van der Waals surface area contributed by atoms with E-state index in [2.05, 4.69) is 22.5 Å². The van der Waals surface area contributed by atoms with E-state index in [1.54, 1.807) is 18.0 Å². The SMILES string of the molecule is CCN(c1cc(Cl)cc(C(=O)NCC2C(=O)NC(C)CC2C)c1C)C1CCC(N(C)CC(F)F)CC1. The minimum Gasteiger partial charge on any atom is -0.369 e. The first-order valence-corrected chi connectivity index (χ1v) is 13.5. The Hall–Kier alpha value is -1.93. The van der Waals surface area contributed by atoms with Gasteiger partial charge in [-0.25, -0.2) is 8.78 Å². The first-order chi connectivity index (χ1) is 17.0. The summed E-state index contributed by atoms with van der Waals surface area (Å²) in [5.41, 5.74) is 2.29. The van der Waals surface area contributed by atoms with Crippen LogP contribution in [0.15, 0.2) is 12.1 Å². The van der Waals surface area contributed by atoms with Crippen molar-refractivity contribution in [3.8, 4) is 0 Å². The molecule has 0 radical (unpaired) electrons. The normalized spacial score (nSPS) is 26.7. The van der Waals surface area contributed by atoms with Crippen molar-refractivity contribution >= 4 is 29.1 Å². The molecular formula is C27H41ClF2N4O2. The van der Waals surface area contributed by atoms with Gasteiger partial charge in [-0.1, -0.05) is 18.5 Å². The van der Waals surface area contributed by atoms with Gasteiger partial charge in [-0.15, -0.1) is 0 Å². The average molecular weight is 527 g/mol. The van der Waals surface area contributed by atoms with E-state index in [-0.39, 0.29) is 54.9 Å². The Labute approximate surface area is 219 Å². The molecule has 3 unspecified atom stereocenters. The zero-order valence-corrected chi connectivity index (χ0v) is 22.9. The van der Waals surface area contributed by atoms with Gasteiger partial charge in [0, 0.05) is 47.5 Å². The number of hydrogen-bond acceptors (Lipinski definition) is 4. The maximum absolute atomic E-state index is 13.2. The number of nitrogens with one attached hydrogen (secondary N) is 2. The number of amides is 2. The molecule has 0 aromatic heterocycles. The lowest BCUT2D eigenvalue weighted by molar-refractivity contribution is -0.129. The lowest BCUT2D eigenvalue weighted by atomic mass is 9.84. The molecule has 2 fully saturated rings. The largest absolute Gasteiger partial charge is 0.369 e. The van der Waals surface area contributed by atoms with Crippen molar-refractivity contribution in [1.82, 2.24) is 15.5 Å². The van der Waals surface area contributed by atoms with Crippen molar-refractivity contribution in [1.29, 1.82) is 0 Å². The van der Waals surface area contributed by atoms with Gasteiger partial charge in [-0.3, -0.25) is 14.5 Å². The number of alkyl halides is 2. The number of anilines is 1. The van der Waals surface area contributed by atoms with Crippen LogP contribution in [0.4, 0.5) is 14.5 Å². The monoisotopic (exact) mass is 526 g/mol. The first-order valence-electron chi connectivity index (χ1n) is 13.2. The molecular weight excluding hydrogens is 486 g/mol. The van der Waals surface area contributed by atoms with E-state index in [9.17, 15) is 18.4 Å². The topological polar surface area (TPSA) is 64.7 Å². The van der Waals surface area contributed by atoms with Crippen molar-refractivity contribution < 1.29 is 18.4 Å². The maximum atomic E-state index is 13.2. The molecule has 1 saturated carbocycles. The van der Waals surface area contributed by atoms with Crippen LogP contribution in [0.5, 0.6) is 0 Å². The van der Waals surface area contributed by atoms with E-state index in [1.807, 2.05) is 26.8 Å². The van der Waals surface area contributed by atoms with Crippen LogP contribution in [-0.4, -0.2) is 67.9 Å². The van der Waals surface area contributed by atoms with Gasteiger partial charge in [0.25, 0.3) is 12.3 Å². The highest BCUT2D eigenvalue weighted by Gasteiger charge is 2.33. The fourth-order valence-corrected chi connectivity index (χ4v) is 6.19. The molecule has 3 atom stereocenters. The van der Waals surface area contributed by atoms with Crippen LogP contribution >= 0.6 is 11.6 Å². The first kappa shape index (κ1) is 28.6. The Morgan fingerprint density at radius 1 is 1.19 bits per heavy atom. The molecule has 2 amide bonds. The number of carbonyl (C=O) groups is 2. The number of rotatable bonds is 9. The third kappa shape index (κ3) is 6.88. The Bertz CT molecular complexity index is 923. The second kappa shape index (κ2) is 12.5. The zero-order chi connectivity index (χ0) is 26.6. The second-order valence-electron chi connectivity index (χ2n) is 10.6. The van der Waals surface area contributed by atoms with Gasteiger partial charge in [0.2, 0.25) is 5.91 Å². The Morgan fingerprint density at radius 3 is 2.42 bits per heavy atom. The van der Waals surface area contributed by atoms with Crippen LogP contribution in [0.25, 0.3) is 0 Å². The zero-order valence-electron chi connectivity index (χ0n) is 22.1. The van der Waals surface area contributed by atoms with E-state index >= 15 is 0 Å². The van der Waals surface area contributed by atoms with Crippen LogP contribution in [-0.2, 0) is 4.79 Å². The van der Waals surface area contributed by atoms with Crippen molar-refractivity contribution in [2.45, 2.75) is 84.4 Å². The Morgan fingerprint density at radius 2 is 1.83 bits per heavy atom. The van der Waals surface area contributed by atoms with Gasteiger partial charge in [-0.05, 0) is 83.5 Å². The average Bonchev–Trinajstić information content (AvgIpc) is 2.80. The van der Waals surface area contributed by atoms with Crippen LogP contribution in [0.3, 0.4) is 0 Å². The molecule has 1 aromatic carbocycles. The van der Waals surface area contributed by atoms with Gasteiger partial charge in [0.15, 0.2) is 0 Å². The summed E-state index contributed by atoms with van der Waals surface area (Å²) in [4.78, 5) is 29.7. The summed E-state index contributed by atoms with van der Waals surface area (Å²) in [5.74, 6) is -0.314. The molecule has 0 bridgehead atoms. The molecule has 6 nitrogen and oxygen atoms in total. The third-order valence-electron chi connectivity index (χ3n) is 8.02. The summed E-state index contributed by atoms with van der Waals surface area (Å²) in [6.45, 7) is 8.90. The molecule has 1 aliphatic carbocycles. The highest BCUT2D eigenvalue weighted by Crippen LogP contribution is 2.34. The highest BCUT2D eigenvalue weighted by molar-refractivity contribution is 6.31. The second-order valence-corrected chi connectivity index (χ2v) is 11.1. The van der Waals surface area contributed by atoms with Crippen LogP contribution in [0.2, 0.25) is 5.02 Å². The molecule has 1 aliphatic heterocycles. The van der Waals surface area contributed by atoms with Crippen molar-refractivity contribution in [3.05, 3.63) is 28.3 Å². The van der Waals surface area contributed by atoms with E-state index in [0.717, 1.165) is 49.9 Å². The number of piperidine rings is 1. The van der Waals surface area contributed by atoms with E-state index < -0.39 is 6.43 Å². The fraction of sp³-hybridized carbons (Fsp3) is 0.704. The van der Waals surface area contributed by atoms with Crippen LogP contribution in [0.1, 0.15) is 68.8 Å². The fourth-order valence-electron chi connectivity index (χ4n) is 5.98. The summed E-state index contributed by atoms with van der Waals surface area (Å²) >= 11 is 6.48. The predicted molar refractivity (Wildman–Crippen MR) is 141 cm³/mol. The van der Waals surface area contributed by atoms with Gasteiger partial charge < -0.3 is 15.5 Å². The molecule has 1 aromatic rings. The number of carbonyl (C=O) groups excluding carboxylic acids is 2. The molecule has 3 rings (SSSR count). The van der Waals surface area contributed by atoms with Gasteiger partial charge in [0.1, 0.15) is 0 Å². The lowest BCUT2D eigenvalue weighted by Gasteiger charge is -2.41. The summed E-state index contributed by atoms with van der Waals surface area (Å²) in [6, 6.07) is 4.17. The van der Waals surface area contributed by atoms with Crippen LogP contribution in [0, 0.1) is 18.8 Å². The molecule has 202 valence electrons. The third-order valence-corrected chi connectivity index (χ3v) is 8.23.